The van der Waals surface area contributed by atoms with Crippen LogP contribution in [0.15, 0.2) is 109 Å². The zero-order valence-electron chi connectivity index (χ0n) is 19.5. The molecule has 1 amide bonds. The van der Waals surface area contributed by atoms with Crippen LogP contribution in [0.2, 0.25) is 5.02 Å². The van der Waals surface area contributed by atoms with E-state index in [0.29, 0.717) is 10.6 Å². The highest BCUT2D eigenvalue weighted by Crippen LogP contribution is 2.38. The van der Waals surface area contributed by atoms with Gasteiger partial charge in [0, 0.05) is 56.4 Å². The van der Waals surface area contributed by atoms with E-state index in [2.05, 4.69) is 70.1 Å². The molecule has 4 nitrogen and oxygen atoms in total. The Labute approximate surface area is 213 Å². The fraction of sp³-hybridized carbons (Fsp3) is 0.0645. The largest absolute Gasteiger partial charge is 0.361 e. The van der Waals surface area contributed by atoms with Gasteiger partial charge in [-0.2, -0.15) is 0 Å². The Hall–Kier alpha value is -4.28. The van der Waals surface area contributed by atoms with Crippen LogP contribution >= 0.6 is 11.6 Å². The number of carbonyl (C=O) groups excluding carboxylic acids is 1. The van der Waals surface area contributed by atoms with E-state index in [-0.39, 0.29) is 11.8 Å². The molecule has 0 unspecified atom stereocenters. The Balaban J connectivity index is 1.42. The van der Waals surface area contributed by atoms with Gasteiger partial charge in [0.1, 0.15) is 0 Å². The third-order valence-electron chi connectivity index (χ3n) is 6.79. The predicted molar refractivity (Wildman–Crippen MR) is 148 cm³/mol. The molecular weight excluding hydrogens is 466 g/mol. The SMILES string of the molecule is O=C(Nc1ccccc1CC(c1c[nH]c2ccccc12)c1c[nH]c2ccccc12)c1ccc(Cl)cc1. The monoisotopic (exact) mass is 489 g/mol. The van der Waals surface area contributed by atoms with Crippen molar-refractivity contribution in [2.24, 2.45) is 0 Å². The van der Waals surface area contributed by atoms with Crippen molar-refractivity contribution in [3.8, 4) is 0 Å². The summed E-state index contributed by atoms with van der Waals surface area (Å²) in [5.41, 5.74) is 7.13. The van der Waals surface area contributed by atoms with Crippen molar-refractivity contribution >= 4 is 45.0 Å². The molecule has 176 valence electrons. The molecule has 36 heavy (non-hydrogen) atoms. The number of fused-ring (bicyclic) bond motifs is 2. The topological polar surface area (TPSA) is 60.7 Å². The molecule has 4 aromatic carbocycles. The van der Waals surface area contributed by atoms with Crippen LogP contribution in [0.1, 0.15) is 33.0 Å². The van der Waals surface area contributed by atoms with Crippen LogP contribution in [-0.2, 0) is 6.42 Å². The van der Waals surface area contributed by atoms with E-state index < -0.39 is 0 Å². The first kappa shape index (κ1) is 22.2. The number of carbonyl (C=O) groups is 1. The zero-order chi connectivity index (χ0) is 24.5. The molecular formula is C31H24ClN3O. The molecule has 0 aliphatic carbocycles. The van der Waals surface area contributed by atoms with Crippen LogP contribution in [0.5, 0.6) is 0 Å². The minimum atomic E-state index is -0.158. The Morgan fingerprint density at radius 2 is 1.28 bits per heavy atom. The first-order valence-corrected chi connectivity index (χ1v) is 12.3. The van der Waals surface area contributed by atoms with E-state index in [9.17, 15) is 4.79 Å². The van der Waals surface area contributed by atoms with E-state index >= 15 is 0 Å². The molecule has 5 heteroatoms. The van der Waals surface area contributed by atoms with Gasteiger partial charge < -0.3 is 15.3 Å². The molecule has 0 spiro atoms. The molecule has 0 aliphatic heterocycles. The van der Waals surface area contributed by atoms with Crippen molar-refractivity contribution in [3.05, 3.63) is 137 Å². The van der Waals surface area contributed by atoms with Crippen LogP contribution in [0.4, 0.5) is 5.69 Å². The summed E-state index contributed by atoms with van der Waals surface area (Å²) in [4.78, 5) is 19.9. The van der Waals surface area contributed by atoms with Crippen LogP contribution < -0.4 is 5.32 Å². The van der Waals surface area contributed by atoms with Crippen molar-refractivity contribution < 1.29 is 4.79 Å². The van der Waals surface area contributed by atoms with E-state index in [4.69, 9.17) is 11.6 Å². The zero-order valence-corrected chi connectivity index (χ0v) is 20.2. The highest BCUT2D eigenvalue weighted by Gasteiger charge is 2.23. The molecule has 0 aliphatic rings. The lowest BCUT2D eigenvalue weighted by Crippen LogP contribution is -2.14. The lowest BCUT2D eigenvalue weighted by molar-refractivity contribution is 0.102. The quantitative estimate of drug-likeness (QED) is 0.218. The summed E-state index contributed by atoms with van der Waals surface area (Å²) >= 11 is 6.00. The van der Waals surface area contributed by atoms with Gasteiger partial charge in [-0.05, 0) is 65.6 Å². The number of aromatic amines is 2. The minimum absolute atomic E-state index is 0.0749. The first-order valence-electron chi connectivity index (χ1n) is 11.9. The average Bonchev–Trinajstić information content (AvgIpc) is 3.53. The highest BCUT2D eigenvalue weighted by molar-refractivity contribution is 6.30. The summed E-state index contributed by atoms with van der Waals surface area (Å²) in [6, 6.07) is 31.7. The number of hydrogen-bond donors (Lipinski definition) is 3. The van der Waals surface area contributed by atoms with Crippen LogP contribution in [0.25, 0.3) is 21.8 Å². The number of aromatic nitrogens is 2. The molecule has 2 heterocycles. The molecule has 0 saturated carbocycles. The fourth-order valence-corrected chi connectivity index (χ4v) is 5.11. The second-order valence-corrected chi connectivity index (χ2v) is 9.39. The van der Waals surface area contributed by atoms with Gasteiger partial charge in [0.05, 0.1) is 0 Å². The van der Waals surface area contributed by atoms with Gasteiger partial charge in [0.2, 0.25) is 0 Å². The Morgan fingerprint density at radius 1 is 0.722 bits per heavy atom. The van der Waals surface area contributed by atoms with Crippen molar-refractivity contribution in [1.82, 2.24) is 9.97 Å². The number of para-hydroxylation sites is 3. The number of halogens is 1. The maximum Gasteiger partial charge on any atom is 0.255 e. The van der Waals surface area contributed by atoms with Crippen LogP contribution in [0, 0.1) is 0 Å². The van der Waals surface area contributed by atoms with Crippen molar-refractivity contribution in [3.63, 3.8) is 0 Å². The molecule has 0 atom stereocenters. The third-order valence-corrected chi connectivity index (χ3v) is 7.04. The molecule has 0 fully saturated rings. The van der Waals surface area contributed by atoms with Gasteiger partial charge in [-0.3, -0.25) is 4.79 Å². The predicted octanol–water partition coefficient (Wildman–Crippen LogP) is 7.93. The van der Waals surface area contributed by atoms with Crippen LogP contribution in [-0.4, -0.2) is 15.9 Å². The van der Waals surface area contributed by atoms with Gasteiger partial charge in [-0.1, -0.05) is 66.2 Å². The van der Waals surface area contributed by atoms with Gasteiger partial charge >= 0.3 is 0 Å². The molecule has 0 radical (unpaired) electrons. The standard InChI is InChI=1S/C31H24ClN3O/c32-22-15-13-20(14-16-22)31(36)35-28-10-4-1-7-21(28)17-25(26-18-33-29-11-5-2-8-23(26)29)27-19-34-30-12-6-3-9-24(27)30/h1-16,18-19,25,33-34H,17H2,(H,35,36). The normalized spacial score (nSPS) is 11.4. The number of hydrogen-bond acceptors (Lipinski definition) is 1. The Bertz CT molecular complexity index is 1610. The van der Waals surface area contributed by atoms with Gasteiger partial charge in [-0.25, -0.2) is 0 Å². The van der Waals surface area contributed by atoms with E-state index in [1.54, 1.807) is 24.3 Å². The Morgan fingerprint density at radius 3 is 1.92 bits per heavy atom. The summed E-state index contributed by atoms with van der Waals surface area (Å²) in [6.45, 7) is 0. The second kappa shape index (κ2) is 9.40. The molecule has 6 rings (SSSR count). The van der Waals surface area contributed by atoms with Crippen molar-refractivity contribution in [2.45, 2.75) is 12.3 Å². The average molecular weight is 490 g/mol. The molecule has 2 aromatic heterocycles. The van der Waals surface area contributed by atoms with E-state index in [1.165, 1.54) is 21.9 Å². The summed E-state index contributed by atoms with van der Waals surface area (Å²) in [7, 11) is 0. The summed E-state index contributed by atoms with van der Waals surface area (Å²) < 4.78 is 0. The second-order valence-electron chi connectivity index (χ2n) is 8.95. The van der Waals surface area contributed by atoms with Gasteiger partial charge in [0.15, 0.2) is 0 Å². The van der Waals surface area contributed by atoms with E-state index in [1.807, 2.05) is 30.3 Å². The maximum atomic E-state index is 13.0. The third kappa shape index (κ3) is 4.16. The number of rotatable bonds is 6. The molecule has 0 bridgehead atoms. The molecule has 3 N–H and O–H groups in total. The van der Waals surface area contributed by atoms with E-state index in [0.717, 1.165) is 28.7 Å². The smallest absolute Gasteiger partial charge is 0.255 e. The number of anilines is 1. The summed E-state index contributed by atoms with van der Waals surface area (Å²) in [5.74, 6) is -0.0826. The minimum Gasteiger partial charge on any atom is -0.361 e. The maximum absolute atomic E-state index is 13.0. The summed E-state index contributed by atoms with van der Waals surface area (Å²) in [5, 5.41) is 6.13. The lowest BCUT2D eigenvalue weighted by atomic mass is 9.85. The lowest BCUT2D eigenvalue weighted by Gasteiger charge is -2.19. The number of benzene rings is 4. The highest BCUT2D eigenvalue weighted by atomic mass is 35.5. The Kier molecular flexibility index (Phi) is 5.80. The van der Waals surface area contributed by atoms with Gasteiger partial charge in [0.25, 0.3) is 5.91 Å². The fourth-order valence-electron chi connectivity index (χ4n) is 4.99. The van der Waals surface area contributed by atoms with Crippen molar-refractivity contribution in [1.29, 1.82) is 0 Å². The van der Waals surface area contributed by atoms with Crippen LogP contribution in [0.3, 0.4) is 0 Å². The molecule has 0 saturated heterocycles. The molecule has 6 aromatic rings. The van der Waals surface area contributed by atoms with Crippen molar-refractivity contribution in [2.75, 3.05) is 5.32 Å². The van der Waals surface area contributed by atoms with Gasteiger partial charge in [-0.15, -0.1) is 0 Å². The summed E-state index contributed by atoms with van der Waals surface area (Å²) in [6.07, 6.45) is 4.96. The number of H-pyrrole nitrogens is 2. The number of nitrogens with one attached hydrogen (secondary N) is 3. The first-order chi connectivity index (χ1) is 17.7. The number of amides is 1.